The fourth-order valence-corrected chi connectivity index (χ4v) is 2.79. The molecule has 0 aliphatic heterocycles. The Hall–Kier alpha value is -2.38. The van der Waals surface area contributed by atoms with Crippen LogP contribution in [0.4, 0.5) is 0 Å². The lowest BCUT2D eigenvalue weighted by molar-refractivity contribution is 0.0936. The Morgan fingerprint density at radius 1 is 1.17 bits per heavy atom. The molecule has 0 saturated heterocycles. The maximum Gasteiger partial charge on any atom is 0.255 e. The van der Waals surface area contributed by atoms with Gasteiger partial charge in [0.2, 0.25) is 10.0 Å². The number of hydrogen-bond donors (Lipinski definition) is 2. The molecule has 1 unspecified atom stereocenters. The number of nitrogens with one attached hydrogen (secondary N) is 1. The van der Waals surface area contributed by atoms with E-state index in [0.29, 0.717) is 0 Å². The van der Waals surface area contributed by atoms with Crippen LogP contribution in [0, 0.1) is 6.92 Å². The molecule has 2 aromatic carbocycles. The van der Waals surface area contributed by atoms with Gasteiger partial charge < -0.3 is 10.1 Å². The molecule has 0 fully saturated rings. The second-order valence-corrected chi connectivity index (χ2v) is 7.07. The molecule has 2 aromatic rings. The average molecular weight is 348 g/mol. The molecule has 0 heterocycles. The van der Waals surface area contributed by atoms with Crippen molar-refractivity contribution >= 4 is 15.9 Å². The third-order valence-corrected chi connectivity index (χ3v) is 4.58. The zero-order chi connectivity index (χ0) is 17.9. The number of rotatable bonds is 5. The van der Waals surface area contributed by atoms with Crippen LogP contribution in [-0.4, -0.2) is 21.4 Å². The lowest BCUT2D eigenvalue weighted by Gasteiger charge is -2.16. The van der Waals surface area contributed by atoms with E-state index in [1.54, 1.807) is 0 Å². The number of hydrogen-bond acceptors (Lipinski definition) is 4. The highest BCUT2D eigenvalue weighted by Gasteiger charge is 2.19. The van der Waals surface area contributed by atoms with Crippen LogP contribution in [0.2, 0.25) is 0 Å². The van der Waals surface area contributed by atoms with Crippen LogP contribution in [-0.2, 0) is 10.0 Å². The minimum Gasteiger partial charge on any atom is -0.496 e. The Bertz CT molecular complexity index is 845. The predicted octanol–water partition coefficient (Wildman–Crippen LogP) is 2.14. The van der Waals surface area contributed by atoms with Crippen LogP contribution in [0.25, 0.3) is 0 Å². The molecule has 3 N–H and O–H groups in total. The summed E-state index contributed by atoms with van der Waals surface area (Å²) in [6.45, 7) is 3.83. The van der Waals surface area contributed by atoms with Crippen LogP contribution < -0.4 is 15.2 Å². The number of nitrogens with two attached hydrogens (primary N) is 1. The van der Waals surface area contributed by atoms with E-state index in [1.165, 1.54) is 25.3 Å². The van der Waals surface area contributed by atoms with E-state index >= 15 is 0 Å². The summed E-state index contributed by atoms with van der Waals surface area (Å²) in [6.07, 6.45) is 0. The van der Waals surface area contributed by atoms with Crippen molar-refractivity contribution < 1.29 is 17.9 Å². The number of carbonyl (C=O) groups is 1. The van der Waals surface area contributed by atoms with Gasteiger partial charge in [-0.25, -0.2) is 13.6 Å². The van der Waals surface area contributed by atoms with Gasteiger partial charge >= 0.3 is 0 Å². The summed E-state index contributed by atoms with van der Waals surface area (Å²) in [6, 6.07) is 11.4. The van der Waals surface area contributed by atoms with Crippen LogP contribution in [0.1, 0.15) is 34.5 Å². The third kappa shape index (κ3) is 4.12. The fraction of sp³-hybridized carbons (Fsp3) is 0.235. The van der Waals surface area contributed by atoms with E-state index in [4.69, 9.17) is 9.88 Å². The first kappa shape index (κ1) is 18.0. The highest BCUT2D eigenvalue weighted by Crippen LogP contribution is 2.23. The lowest BCUT2D eigenvalue weighted by atomic mass is 10.1. The summed E-state index contributed by atoms with van der Waals surface area (Å²) in [5, 5.41) is 7.95. The Morgan fingerprint density at radius 2 is 1.79 bits per heavy atom. The van der Waals surface area contributed by atoms with E-state index in [-0.39, 0.29) is 22.3 Å². The van der Waals surface area contributed by atoms with Gasteiger partial charge in [-0.1, -0.05) is 29.8 Å². The highest BCUT2D eigenvalue weighted by molar-refractivity contribution is 7.89. The Labute approximate surface area is 141 Å². The van der Waals surface area contributed by atoms with Gasteiger partial charge in [-0.3, -0.25) is 4.79 Å². The van der Waals surface area contributed by atoms with Gasteiger partial charge in [-0.05, 0) is 37.6 Å². The number of carbonyl (C=O) groups excluding carboxylic acids is 1. The van der Waals surface area contributed by atoms with Crippen LogP contribution in [0.15, 0.2) is 47.4 Å². The summed E-state index contributed by atoms with van der Waals surface area (Å²) < 4.78 is 28.1. The molecule has 128 valence electrons. The van der Waals surface area contributed by atoms with Crippen LogP contribution in [0.5, 0.6) is 5.75 Å². The Morgan fingerprint density at radius 3 is 2.33 bits per heavy atom. The summed E-state index contributed by atoms with van der Waals surface area (Å²) >= 11 is 0. The second kappa shape index (κ2) is 7.02. The first-order valence-electron chi connectivity index (χ1n) is 7.30. The van der Waals surface area contributed by atoms with Crippen molar-refractivity contribution in [2.24, 2.45) is 5.14 Å². The van der Waals surface area contributed by atoms with Crippen LogP contribution >= 0.6 is 0 Å². The molecular weight excluding hydrogens is 328 g/mol. The highest BCUT2D eigenvalue weighted by atomic mass is 32.2. The molecule has 0 radical (unpaired) electrons. The molecule has 0 bridgehead atoms. The van der Waals surface area contributed by atoms with E-state index in [1.807, 2.05) is 38.1 Å². The van der Waals surface area contributed by atoms with Crippen molar-refractivity contribution in [1.82, 2.24) is 5.32 Å². The smallest absolute Gasteiger partial charge is 0.255 e. The summed E-state index contributed by atoms with van der Waals surface area (Å²) in [5.41, 5.74) is 2.18. The molecule has 0 aliphatic carbocycles. The molecule has 1 atom stereocenters. The Balaban J connectivity index is 2.29. The van der Waals surface area contributed by atoms with Gasteiger partial charge in [-0.2, -0.15) is 0 Å². The topological polar surface area (TPSA) is 98.5 Å². The molecule has 24 heavy (non-hydrogen) atoms. The molecule has 0 spiro atoms. The number of primary sulfonamides is 1. The average Bonchev–Trinajstić information content (AvgIpc) is 2.53. The number of amides is 1. The minimum absolute atomic E-state index is 0.114. The van der Waals surface area contributed by atoms with Crippen molar-refractivity contribution in [2.45, 2.75) is 24.8 Å². The third-order valence-electron chi connectivity index (χ3n) is 3.67. The molecule has 0 aromatic heterocycles. The first-order valence-corrected chi connectivity index (χ1v) is 8.85. The van der Waals surface area contributed by atoms with Crippen molar-refractivity contribution in [3.63, 3.8) is 0 Å². The second-order valence-electron chi connectivity index (χ2n) is 5.51. The van der Waals surface area contributed by atoms with Gasteiger partial charge in [0.25, 0.3) is 5.91 Å². The maximum absolute atomic E-state index is 12.5. The lowest BCUT2D eigenvalue weighted by Crippen LogP contribution is -2.27. The van der Waals surface area contributed by atoms with E-state index < -0.39 is 15.9 Å². The van der Waals surface area contributed by atoms with Crippen molar-refractivity contribution in [3.8, 4) is 5.75 Å². The number of aryl methyl sites for hydroxylation is 1. The quantitative estimate of drug-likeness (QED) is 0.865. The van der Waals surface area contributed by atoms with Crippen molar-refractivity contribution in [3.05, 3.63) is 59.2 Å². The van der Waals surface area contributed by atoms with Gasteiger partial charge in [0.05, 0.1) is 23.6 Å². The number of methoxy groups -OCH3 is 1. The van der Waals surface area contributed by atoms with Crippen molar-refractivity contribution in [2.75, 3.05) is 7.11 Å². The van der Waals surface area contributed by atoms with Gasteiger partial charge in [-0.15, -0.1) is 0 Å². The predicted molar refractivity (Wildman–Crippen MR) is 91.4 cm³/mol. The standard InChI is InChI=1S/C17H20N2O4S/c1-11-4-6-13(7-5-11)12(2)19-17(20)15-10-14(24(18,21)22)8-9-16(15)23-3/h4-10,12H,1-3H3,(H,19,20)(H2,18,21,22). The zero-order valence-corrected chi connectivity index (χ0v) is 14.6. The van der Waals surface area contributed by atoms with Crippen LogP contribution in [0.3, 0.4) is 0 Å². The number of sulfonamides is 1. The summed E-state index contributed by atoms with van der Waals surface area (Å²) in [5.74, 6) is -0.165. The van der Waals surface area contributed by atoms with Crippen molar-refractivity contribution in [1.29, 1.82) is 0 Å². The molecule has 6 nitrogen and oxygen atoms in total. The SMILES string of the molecule is COc1ccc(S(N)(=O)=O)cc1C(=O)NC(C)c1ccc(C)cc1. The summed E-state index contributed by atoms with van der Waals surface area (Å²) in [4.78, 5) is 12.4. The number of ether oxygens (including phenoxy) is 1. The molecule has 1 amide bonds. The minimum atomic E-state index is -3.90. The molecule has 0 saturated carbocycles. The molecule has 2 rings (SSSR count). The van der Waals surface area contributed by atoms with Gasteiger partial charge in [0.15, 0.2) is 0 Å². The molecule has 0 aliphatic rings. The number of benzene rings is 2. The monoisotopic (exact) mass is 348 g/mol. The van der Waals surface area contributed by atoms with E-state index in [2.05, 4.69) is 5.32 Å². The molecule has 7 heteroatoms. The fourth-order valence-electron chi connectivity index (χ4n) is 2.25. The van der Waals surface area contributed by atoms with E-state index in [0.717, 1.165) is 11.1 Å². The largest absolute Gasteiger partial charge is 0.496 e. The first-order chi connectivity index (χ1) is 11.2. The maximum atomic E-state index is 12.5. The van der Waals surface area contributed by atoms with Gasteiger partial charge in [0.1, 0.15) is 5.75 Å². The summed E-state index contributed by atoms with van der Waals surface area (Å²) in [7, 11) is -2.50. The normalized spacial score (nSPS) is 12.5. The zero-order valence-electron chi connectivity index (χ0n) is 13.7. The van der Waals surface area contributed by atoms with E-state index in [9.17, 15) is 13.2 Å². The Kier molecular flexibility index (Phi) is 5.26. The molecular formula is C17H20N2O4S. The van der Waals surface area contributed by atoms with Gasteiger partial charge in [0, 0.05) is 0 Å².